The highest BCUT2D eigenvalue weighted by Crippen LogP contribution is 2.19. The summed E-state index contributed by atoms with van der Waals surface area (Å²) in [6.45, 7) is 4.53. The van der Waals surface area contributed by atoms with Gasteiger partial charge in [-0.1, -0.05) is 179 Å². The van der Waals surface area contributed by atoms with E-state index in [1.54, 1.807) is 0 Å². The highest BCUT2D eigenvalue weighted by atomic mass is 16.5. The Morgan fingerprint density at radius 2 is 0.812 bits per heavy atom. The van der Waals surface area contributed by atoms with E-state index in [1.807, 2.05) is 0 Å². The van der Waals surface area contributed by atoms with Gasteiger partial charge in [-0.2, -0.15) is 0 Å². The molecule has 0 aliphatic heterocycles. The molecule has 0 amide bonds. The summed E-state index contributed by atoms with van der Waals surface area (Å²) in [7, 11) is 0. The van der Waals surface area contributed by atoms with E-state index < -0.39 is 5.97 Å². The smallest absolute Gasteiger partial charge is 0.306 e. The standard InChI is InChI=1S/C44H82O4/c1-3-5-7-9-11-13-15-17-19-20-22-24-26-28-30-32-37-41-44(47)48-42(39-35-33-36-40-43(45)46)38-34-31-29-27-25-23-21-18-16-14-12-10-8-6-4-2/h11,13,17,19,42H,3-10,12,14-16,18,20-41H2,1-2H3,(H,45,46)/b13-11-,19-17-. The molecule has 0 aliphatic rings. The average Bonchev–Trinajstić information content (AvgIpc) is 3.07. The lowest BCUT2D eigenvalue weighted by Crippen LogP contribution is -2.18. The summed E-state index contributed by atoms with van der Waals surface area (Å²) in [5.41, 5.74) is 0. The Bertz CT molecular complexity index is 727. The predicted octanol–water partition coefficient (Wildman–Crippen LogP) is 14.8. The van der Waals surface area contributed by atoms with Crippen LogP contribution in [0.25, 0.3) is 0 Å². The summed E-state index contributed by atoms with van der Waals surface area (Å²) >= 11 is 0. The quantitative estimate of drug-likeness (QED) is 0.0400. The fourth-order valence-corrected chi connectivity index (χ4v) is 6.51. The number of rotatable bonds is 39. The molecule has 0 aliphatic carbocycles. The normalized spacial score (nSPS) is 12.4. The van der Waals surface area contributed by atoms with E-state index in [2.05, 4.69) is 38.2 Å². The largest absolute Gasteiger partial charge is 0.481 e. The minimum Gasteiger partial charge on any atom is -0.481 e. The van der Waals surface area contributed by atoms with E-state index >= 15 is 0 Å². The molecule has 1 N–H and O–H groups in total. The van der Waals surface area contributed by atoms with Gasteiger partial charge in [-0.05, 0) is 70.6 Å². The van der Waals surface area contributed by atoms with Gasteiger partial charge in [0.25, 0.3) is 0 Å². The van der Waals surface area contributed by atoms with Gasteiger partial charge in [0.15, 0.2) is 0 Å². The number of carbonyl (C=O) groups is 2. The molecule has 0 rings (SSSR count). The molecule has 4 heteroatoms. The van der Waals surface area contributed by atoms with Gasteiger partial charge in [0, 0.05) is 12.8 Å². The Morgan fingerprint density at radius 1 is 0.458 bits per heavy atom. The number of hydrogen-bond donors (Lipinski definition) is 1. The molecule has 0 aromatic heterocycles. The average molecular weight is 675 g/mol. The molecular weight excluding hydrogens is 592 g/mol. The monoisotopic (exact) mass is 675 g/mol. The molecule has 0 saturated heterocycles. The molecule has 0 radical (unpaired) electrons. The van der Waals surface area contributed by atoms with Crippen LogP contribution in [0.5, 0.6) is 0 Å². The number of ether oxygens (including phenoxy) is 1. The number of unbranched alkanes of at least 4 members (excludes halogenated alkanes) is 26. The van der Waals surface area contributed by atoms with Gasteiger partial charge in [0.2, 0.25) is 0 Å². The van der Waals surface area contributed by atoms with Crippen molar-refractivity contribution in [3.8, 4) is 0 Å². The van der Waals surface area contributed by atoms with Crippen LogP contribution in [0.15, 0.2) is 24.3 Å². The molecule has 0 heterocycles. The summed E-state index contributed by atoms with van der Waals surface area (Å²) < 4.78 is 5.96. The topological polar surface area (TPSA) is 63.6 Å². The van der Waals surface area contributed by atoms with Crippen LogP contribution in [-0.2, 0) is 14.3 Å². The van der Waals surface area contributed by atoms with Crippen molar-refractivity contribution in [3.63, 3.8) is 0 Å². The summed E-state index contributed by atoms with van der Waals surface area (Å²) in [6, 6.07) is 0. The summed E-state index contributed by atoms with van der Waals surface area (Å²) in [6.07, 6.45) is 50.5. The number of carboxylic acids is 1. The van der Waals surface area contributed by atoms with Crippen LogP contribution >= 0.6 is 0 Å². The molecule has 0 spiro atoms. The maximum atomic E-state index is 12.6. The van der Waals surface area contributed by atoms with E-state index in [4.69, 9.17) is 9.84 Å². The van der Waals surface area contributed by atoms with E-state index in [1.165, 1.54) is 154 Å². The third kappa shape index (κ3) is 38.9. The fraction of sp³-hybridized carbons (Fsp3) is 0.864. The summed E-state index contributed by atoms with van der Waals surface area (Å²) in [5, 5.41) is 8.91. The Morgan fingerprint density at radius 3 is 1.29 bits per heavy atom. The number of hydrogen-bond acceptors (Lipinski definition) is 3. The number of allylic oxidation sites excluding steroid dienone is 4. The van der Waals surface area contributed by atoms with Gasteiger partial charge in [-0.3, -0.25) is 9.59 Å². The molecule has 1 atom stereocenters. The van der Waals surface area contributed by atoms with Gasteiger partial charge in [-0.15, -0.1) is 0 Å². The Hall–Kier alpha value is -1.58. The van der Waals surface area contributed by atoms with Crippen molar-refractivity contribution in [1.29, 1.82) is 0 Å². The SMILES string of the molecule is CCCCC/C=C\C/C=C\CCCCCCCCCC(=O)OC(CCCCCCCCCCCCCCCCC)CCCCCC(=O)O. The maximum absolute atomic E-state index is 12.6. The third-order valence-electron chi connectivity index (χ3n) is 9.68. The van der Waals surface area contributed by atoms with E-state index in [0.717, 1.165) is 51.4 Å². The second kappa shape index (κ2) is 39.9. The molecule has 48 heavy (non-hydrogen) atoms. The number of carbonyl (C=O) groups excluding carboxylic acids is 1. The van der Waals surface area contributed by atoms with Crippen LogP contribution < -0.4 is 0 Å². The highest BCUT2D eigenvalue weighted by molar-refractivity contribution is 5.69. The van der Waals surface area contributed by atoms with Crippen molar-refractivity contribution in [2.75, 3.05) is 0 Å². The second-order valence-corrected chi connectivity index (χ2v) is 14.5. The molecular formula is C44H82O4. The molecule has 1 unspecified atom stereocenters. The van der Waals surface area contributed by atoms with Crippen LogP contribution in [0.4, 0.5) is 0 Å². The lowest BCUT2D eigenvalue weighted by molar-refractivity contribution is -0.150. The molecule has 0 aromatic carbocycles. The lowest BCUT2D eigenvalue weighted by Gasteiger charge is -2.18. The van der Waals surface area contributed by atoms with Crippen LogP contribution in [-0.4, -0.2) is 23.1 Å². The first-order chi connectivity index (χ1) is 23.6. The van der Waals surface area contributed by atoms with Gasteiger partial charge in [-0.25, -0.2) is 0 Å². The molecule has 0 bridgehead atoms. The molecule has 0 fully saturated rings. The number of esters is 1. The Kier molecular flexibility index (Phi) is 38.5. The van der Waals surface area contributed by atoms with Crippen LogP contribution in [0, 0.1) is 0 Å². The van der Waals surface area contributed by atoms with Crippen molar-refractivity contribution < 1.29 is 19.4 Å². The molecule has 0 saturated carbocycles. The minimum absolute atomic E-state index is 0.000155. The van der Waals surface area contributed by atoms with Crippen molar-refractivity contribution in [2.45, 2.75) is 245 Å². The molecule has 282 valence electrons. The van der Waals surface area contributed by atoms with Crippen LogP contribution in [0.1, 0.15) is 239 Å². The van der Waals surface area contributed by atoms with E-state index in [9.17, 15) is 9.59 Å². The maximum Gasteiger partial charge on any atom is 0.306 e. The third-order valence-corrected chi connectivity index (χ3v) is 9.68. The minimum atomic E-state index is -0.722. The Labute approximate surface area is 299 Å². The number of aliphatic carboxylic acids is 1. The second-order valence-electron chi connectivity index (χ2n) is 14.5. The van der Waals surface area contributed by atoms with E-state index in [0.29, 0.717) is 12.8 Å². The van der Waals surface area contributed by atoms with Gasteiger partial charge >= 0.3 is 11.9 Å². The van der Waals surface area contributed by atoms with E-state index in [-0.39, 0.29) is 18.5 Å². The van der Waals surface area contributed by atoms with Crippen molar-refractivity contribution in [1.82, 2.24) is 0 Å². The number of carboxylic acid groups (broad SMARTS) is 1. The summed E-state index contributed by atoms with van der Waals surface area (Å²) in [4.78, 5) is 23.5. The van der Waals surface area contributed by atoms with Crippen molar-refractivity contribution >= 4 is 11.9 Å². The van der Waals surface area contributed by atoms with Crippen molar-refractivity contribution in [2.24, 2.45) is 0 Å². The van der Waals surface area contributed by atoms with Gasteiger partial charge in [0.1, 0.15) is 6.10 Å². The first-order valence-corrected chi connectivity index (χ1v) is 21.3. The molecule has 0 aromatic rings. The lowest BCUT2D eigenvalue weighted by atomic mass is 10.0. The fourth-order valence-electron chi connectivity index (χ4n) is 6.51. The van der Waals surface area contributed by atoms with Crippen LogP contribution in [0.3, 0.4) is 0 Å². The first-order valence-electron chi connectivity index (χ1n) is 21.3. The zero-order valence-corrected chi connectivity index (χ0v) is 32.3. The van der Waals surface area contributed by atoms with Gasteiger partial charge in [0.05, 0.1) is 0 Å². The predicted molar refractivity (Wildman–Crippen MR) is 209 cm³/mol. The van der Waals surface area contributed by atoms with Crippen LogP contribution in [0.2, 0.25) is 0 Å². The highest BCUT2D eigenvalue weighted by Gasteiger charge is 2.14. The zero-order valence-electron chi connectivity index (χ0n) is 32.3. The molecule has 4 nitrogen and oxygen atoms in total. The first kappa shape index (κ1) is 46.4. The van der Waals surface area contributed by atoms with Gasteiger partial charge < -0.3 is 9.84 Å². The zero-order chi connectivity index (χ0) is 35.0. The summed E-state index contributed by atoms with van der Waals surface area (Å²) in [5.74, 6) is -0.756. The van der Waals surface area contributed by atoms with Crippen molar-refractivity contribution in [3.05, 3.63) is 24.3 Å². The Balaban J connectivity index is 3.91.